The van der Waals surface area contributed by atoms with Gasteiger partial charge in [-0.3, -0.25) is 14.4 Å². The molecule has 6 nitrogen and oxygen atoms in total. The third kappa shape index (κ3) is 2.67. The minimum atomic E-state index is -3.56. The summed E-state index contributed by atoms with van der Waals surface area (Å²) in [5.41, 5.74) is 2.02. The second-order valence-corrected chi connectivity index (χ2v) is 7.03. The lowest BCUT2D eigenvalue weighted by molar-refractivity contribution is -0.384. The summed E-state index contributed by atoms with van der Waals surface area (Å²) in [5.74, 6) is -0.247. The number of nitrogens with zero attached hydrogens (tertiary/aromatic N) is 2. The van der Waals surface area contributed by atoms with Crippen LogP contribution in [0.3, 0.4) is 0 Å². The molecule has 3 rings (SSSR count). The average Bonchev–Trinajstić information content (AvgIpc) is 2.91. The first kappa shape index (κ1) is 14.5. The van der Waals surface area contributed by atoms with Crippen LogP contribution in [0.25, 0.3) is 0 Å². The van der Waals surface area contributed by atoms with Crippen molar-refractivity contribution in [3.05, 3.63) is 69.8 Å². The molecule has 0 spiro atoms. The van der Waals surface area contributed by atoms with E-state index in [1.165, 1.54) is 22.5 Å². The van der Waals surface area contributed by atoms with Crippen LogP contribution in [-0.4, -0.2) is 19.9 Å². The van der Waals surface area contributed by atoms with Crippen LogP contribution in [0, 0.1) is 10.1 Å². The second-order valence-electron chi connectivity index (χ2n) is 5.13. The fraction of sp³-hybridized carbons (Fsp3) is 0.200. The Morgan fingerprint density at radius 3 is 2.68 bits per heavy atom. The molecule has 1 heterocycles. The van der Waals surface area contributed by atoms with Crippen molar-refractivity contribution in [3.63, 3.8) is 0 Å². The van der Waals surface area contributed by atoms with Gasteiger partial charge in [-0.15, -0.1) is 0 Å². The fourth-order valence-electron chi connectivity index (χ4n) is 2.65. The summed E-state index contributed by atoms with van der Waals surface area (Å²) in [6.45, 7) is 0.413. The Kier molecular flexibility index (Phi) is 3.58. The SMILES string of the molecule is O=[N+]([O-])c1cccc(CS(=O)(=O)N2CCc3ccccc32)c1. The molecular weight excluding hydrogens is 304 g/mol. The van der Waals surface area contributed by atoms with Crippen LogP contribution in [0.1, 0.15) is 11.1 Å². The first-order chi connectivity index (χ1) is 10.5. The summed E-state index contributed by atoms with van der Waals surface area (Å²) in [6, 6.07) is 13.1. The van der Waals surface area contributed by atoms with Gasteiger partial charge >= 0.3 is 0 Å². The molecule has 0 radical (unpaired) electrons. The van der Waals surface area contributed by atoms with Gasteiger partial charge in [0.2, 0.25) is 10.0 Å². The minimum Gasteiger partial charge on any atom is -0.269 e. The fourth-order valence-corrected chi connectivity index (χ4v) is 4.25. The van der Waals surface area contributed by atoms with E-state index in [0.717, 1.165) is 5.56 Å². The topological polar surface area (TPSA) is 80.5 Å². The third-order valence-corrected chi connectivity index (χ3v) is 5.40. The molecule has 2 aromatic rings. The van der Waals surface area contributed by atoms with Crippen molar-refractivity contribution in [1.29, 1.82) is 0 Å². The molecule has 7 heteroatoms. The molecule has 2 aromatic carbocycles. The van der Waals surface area contributed by atoms with Gasteiger partial charge in [-0.2, -0.15) is 0 Å². The zero-order chi connectivity index (χ0) is 15.7. The number of nitro groups is 1. The van der Waals surface area contributed by atoms with Crippen molar-refractivity contribution in [1.82, 2.24) is 0 Å². The Morgan fingerprint density at radius 2 is 1.91 bits per heavy atom. The monoisotopic (exact) mass is 318 g/mol. The largest absolute Gasteiger partial charge is 0.269 e. The number of non-ortho nitro benzene ring substituents is 1. The van der Waals surface area contributed by atoms with Gasteiger partial charge in [0.1, 0.15) is 0 Å². The number of sulfonamides is 1. The standard InChI is InChI=1S/C15H14N2O4S/c18-17(19)14-6-3-4-12(10-14)11-22(20,21)16-9-8-13-5-1-2-7-15(13)16/h1-7,10H,8-9,11H2. The third-order valence-electron chi connectivity index (χ3n) is 3.65. The van der Waals surface area contributed by atoms with Crippen LogP contribution < -0.4 is 4.31 Å². The number of anilines is 1. The van der Waals surface area contributed by atoms with E-state index >= 15 is 0 Å². The summed E-state index contributed by atoms with van der Waals surface area (Å²) < 4.78 is 26.6. The van der Waals surface area contributed by atoms with Crippen LogP contribution in [0.15, 0.2) is 48.5 Å². The van der Waals surface area contributed by atoms with E-state index in [-0.39, 0.29) is 11.4 Å². The second kappa shape index (κ2) is 5.42. The Morgan fingerprint density at radius 1 is 1.14 bits per heavy atom. The number of para-hydroxylation sites is 1. The van der Waals surface area contributed by atoms with E-state index < -0.39 is 14.9 Å². The van der Waals surface area contributed by atoms with Gasteiger partial charge in [-0.1, -0.05) is 30.3 Å². The number of hydrogen-bond donors (Lipinski definition) is 0. The van der Waals surface area contributed by atoms with E-state index in [0.29, 0.717) is 24.2 Å². The van der Waals surface area contributed by atoms with Gasteiger partial charge in [0.05, 0.1) is 16.4 Å². The number of fused-ring (bicyclic) bond motifs is 1. The Balaban J connectivity index is 1.89. The maximum atomic E-state index is 12.6. The van der Waals surface area contributed by atoms with E-state index in [1.54, 1.807) is 18.2 Å². The maximum Gasteiger partial charge on any atom is 0.269 e. The van der Waals surface area contributed by atoms with Crippen molar-refractivity contribution in [2.24, 2.45) is 0 Å². The van der Waals surface area contributed by atoms with Gasteiger partial charge in [0.25, 0.3) is 5.69 Å². The molecule has 0 fully saturated rings. The lowest BCUT2D eigenvalue weighted by atomic mass is 10.2. The van der Waals surface area contributed by atoms with Crippen LogP contribution in [-0.2, 0) is 22.2 Å². The van der Waals surface area contributed by atoms with E-state index in [4.69, 9.17) is 0 Å². The maximum absolute atomic E-state index is 12.6. The molecule has 1 aliphatic rings. The van der Waals surface area contributed by atoms with Gasteiger partial charge in [-0.05, 0) is 23.6 Å². The van der Waals surface area contributed by atoms with Crippen LogP contribution in [0.5, 0.6) is 0 Å². The van der Waals surface area contributed by atoms with E-state index in [9.17, 15) is 18.5 Å². The van der Waals surface area contributed by atoms with Crippen LogP contribution >= 0.6 is 0 Å². The molecule has 0 bridgehead atoms. The van der Waals surface area contributed by atoms with Crippen molar-refractivity contribution in [2.45, 2.75) is 12.2 Å². The molecule has 0 saturated carbocycles. The van der Waals surface area contributed by atoms with E-state index in [1.807, 2.05) is 12.1 Å². The molecule has 0 N–H and O–H groups in total. The smallest absolute Gasteiger partial charge is 0.269 e. The van der Waals surface area contributed by atoms with E-state index in [2.05, 4.69) is 0 Å². The summed E-state index contributed by atoms with van der Waals surface area (Å²) in [4.78, 5) is 10.3. The molecule has 0 unspecified atom stereocenters. The van der Waals surface area contributed by atoms with Crippen molar-refractivity contribution < 1.29 is 13.3 Å². The Bertz CT molecular complexity index is 833. The highest BCUT2D eigenvalue weighted by Crippen LogP contribution is 2.31. The van der Waals surface area contributed by atoms with Crippen molar-refractivity contribution in [3.8, 4) is 0 Å². The molecule has 0 amide bonds. The van der Waals surface area contributed by atoms with Gasteiger partial charge in [-0.25, -0.2) is 8.42 Å². The van der Waals surface area contributed by atoms with Crippen LogP contribution in [0.4, 0.5) is 11.4 Å². The van der Waals surface area contributed by atoms with Gasteiger partial charge < -0.3 is 0 Å². The first-order valence-electron chi connectivity index (χ1n) is 6.79. The predicted molar refractivity (Wildman–Crippen MR) is 83.2 cm³/mol. The molecule has 1 aliphatic heterocycles. The first-order valence-corrected chi connectivity index (χ1v) is 8.40. The summed E-state index contributed by atoms with van der Waals surface area (Å²) in [7, 11) is -3.56. The number of rotatable bonds is 4. The lowest BCUT2D eigenvalue weighted by Gasteiger charge is -2.19. The van der Waals surface area contributed by atoms with Gasteiger partial charge in [0, 0.05) is 18.7 Å². The summed E-state index contributed by atoms with van der Waals surface area (Å²) in [5, 5.41) is 10.8. The summed E-state index contributed by atoms with van der Waals surface area (Å²) in [6.07, 6.45) is 0.685. The molecule has 114 valence electrons. The highest BCUT2D eigenvalue weighted by atomic mass is 32.2. The molecule has 22 heavy (non-hydrogen) atoms. The number of nitro benzene ring substituents is 1. The van der Waals surface area contributed by atoms with Crippen LogP contribution in [0.2, 0.25) is 0 Å². The average molecular weight is 318 g/mol. The predicted octanol–water partition coefficient (Wildman–Crippen LogP) is 2.49. The Hall–Kier alpha value is -2.41. The zero-order valence-electron chi connectivity index (χ0n) is 11.7. The zero-order valence-corrected chi connectivity index (χ0v) is 12.5. The summed E-state index contributed by atoms with van der Waals surface area (Å²) >= 11 is 0. The highest BCUT2D eigenvalue weighted by molar-refractivity contribution is 7.92. The van der Waals surface area contributed by atoms with Crippen molar-refractivity contribution in [2.75, 3.05) is 10.8 Å². The van der Waals surface area contributed by atoms with Gasteiger partial charge in [0.15, 0.2) is 0 Å². The molecular formula is C15H14N2O4S. The molecule has 0 atom stereocenters. The normalized spacial score (nSPS) is 13.9. The van der Waals surface area contributed by atoms with Crippen molar-refractivity contribution >= 4 is 21.4 Å². The molecule has 0 saturated heterocycles. The minimum absolute atomic E-state index is 0.102. The molecule has 0 aromatic heterocycles. The molecule has 0 aliphatic carbocycles. The Labute approximate surface area is 128 Å². The lowest BCUT2D eigenvalue weighted by Crippen LogP contribution is -2.30. The quantitative estimate of drug-likeness (QED) is 0.640. The number of hydrogen-bond acceptors (Lipinski definition) is 4. The number of benzene rings is 2. The highest BCUT2D eigenvalue weighted by Gasteiger charge is 2.29.